The van der Waals surface area contributed by atoms with Crippen molar-refractivity contribution in [3.05, 3.63) is 11.6 Å². The summed E-state index contributed by atoms with van der Waals surface area (Å²) < 4.78 is 10.7. The molecular formula is C35H59NO4. The first-order valence-corrected chi connectivity index (χ1v) is 16.8. The van der Waals surface area contributed by atoms with E-state index in [1.807, 2.05) is 0 Å². The van der Waals surface area contributed by atoms with Gasteiger partial charge < -0.3 is 14.8 Å². The lowest BCUT2D eigenvalue weighted by molar-refractivity contribution is -0.142. The number of carbonyl (C=O) groups excluding carboxylic acids is 2. The number of ether oxygens (including phenoxy) is 2. The van der Waals surface area contributed by atoms with Gasteiger partial charge in [0.15, 0.2) is 0 Å². The molecule has 0 unspecified atom stereocenters. The number of hydrogen-bond acceptors (Lipinski definition) is 4. The predicted octanol–water partition coefficient (Wildman–Crippen LogP) is 8.71. The van der Waals surface area contributed by atoms with Crippen LogP contribution in [0.25, 0.3) is 0 Å². The Morgan fingerprint density at radius 2 is 1.80 bits per heavy atom. The molecule has 0 radical (unpaired) electrons. The molecule has 0 aromatic heterocycles. The fourth-order valence-electron chi connectivity index (χ4n) is 10.1. The van der Waals surface area contributed by atoms with Crippen LogP contribution < -0.4 is 5.32 Å². The van der Waals surface area contributed by atoms with Crippen molar-refractivity contribution in [2.24, 2.45) is 52.3 Å². The Kier molecular flexibility index (Phi) is 10.4. The summed E-state index contributed by atoms with van der Waals surface area (Å²) in [6, 6.07) is 0. The van der Waals surface area contributed by atoms with E-state index < -0.39 is 6.09 Å². The van der Waals surface area contributed by atoms with Crippen LogP contribution in [0.1, 0.15) is 126 Å². The van der Waals surface area contributed by atoms with E-state index in [1.165, 1.54) is 56.9 Å². The van der Waals surface area contributed by atoms with Crippen LogP contribution in [0, 0.1) is 52.3 Å². The standard InChI is InChI=1S/C35H59NO4/c1-8-25(23(3)4)11-10-24(5)29-14-15-30-28-13-12-26-22-27(40-33(38)36-21-18-32(37)39-9-2)16-19-34(26,6)31(28)17-20-35(29,30)7/h12,23-25,27-31H,8-11,13-22H2,1-7H3,(H,36,38)/t24-,25-,27+,28+,29-,30+,31+,34+,35-/m1/s1. The minimum atomic E-state index is -0.412. The number of hydrogen-bond donors (Lipinski definition) is 1. The molecule has 0 heterocycles. The smallest absolute Gasteiger partial charge is 0.407 e. The van der Waals surface area contributed by atoms with E-state index in [0.29, 0.717) is 12.0 Å². The van der Waals surface area contributed by atoms with E-state index in [1.54, 1.807) is 6.92 Å². The lowest BCUT2D eigenvalue weighted by atomic mass is 9.47. The SMILES string of the molecule is CCOC(=O)CCNC(=O)O[C@H]1CC[C@@]2(C)C(=CC[C@H]3[C@@H]4CC[C@H]([C@H](C)CC[C@@H](CC)C(C)C)[C@@]4(C)CC[C@@H]32)C1. The van der Waals surface area contributed by atoms with Gasteiger partial charge >= 0.3 is 12.1 Å². The maximum atomic E-state index is 12.4. The molecule has 0 bridgehead atoms. The number of rotatable bonds is 11. The molecule has 3 saturated carbocycles. The number of fused-ring (bicyclic) bond motifs is 5. The average Bonchev–Trinajstić information content (AvgIpc) is 3.26. The fraction of sp³-hybridized carbons (Fsp3) is 0.886. The van der Waals surface area contributed by atoms with Crippen molar-refractivity contribution in [1.82, 2.24) is 5.32 Å². The molecular weight excluding hydrogens is 498 g/mol. The molecule has 5 nitrogen and oxygen atoms in total. The zero-order valence-electron chi connectivity index (χ0n) is 26.7. The molecule has 0 spiro atoms. The first kappa shape index (κ1) is 31.4. The molecule has 228 valence electrons. The minimum Gasteiger partial charge on any atom is -0.466 e. The molecule has 0 aromatic carbocycles. The Morgan fingerprint density at radius 3 is 2.50 bits per heavy atom. The maximum Gasteiger partial charge on any atom is 0.407 e. The lowest BCUT2D eigenvalue weighted by Gasteiger charge is -2.58. The summed E-state index contributed by atoms with van der Waals surface area (Å²) in [5.74, 6) is 5.54. The highest BCUT2D eigenvalue weighted by Gasteiger charge is 2.59. The first-order valence-electron chi connectivity index (χ1n) is 16.8. The Hall–Kier alpha value is -1.52. The van der Waals surface area contributed by atoms with Crippen LogP contribution in [0.3, 0.4) is 0 Å². The lowest BCUT2D eigenvalue weighted by Crippen LogP contribution is -2.51. The van der Waals surface area contributed by atoms with Crippen LogP contribution in [-0.2, 0) is 14.3 Å². The van der Waals surface area contributed by atoms with Crippen LogP contribution >= 0.6 is 0 Å². The van der Waals surface area contributed by atoms with E-state index in [0.717, 1.165) is 60.7 Å². The third kappa shape index (κ3) is 6.43. The van der Waals surface area contributed by atoms with Crippen LogP contribution in [0.5, 0.6) is 0 Å². The van der Waals surface area contributed by atoms with Gasteiger partial charge in [0.05, 0.1) is 13.0 Å². The van der Waals surface area contributed by atoms with Crippen molar-refractivity contribution in [1.29, 1.82) is 0 Å². The van der Waals surface area contributed by atoms with Crippen molar-refractivity contribution in [2.75, 3.05) is 13.2 Å². The Balaban J connectivity index is 1.34. The predicted molar refractivity (Wildman–Crippen MR) is 162 cm³/mol. The van der Waals surface area contributed by atoms with E-state index in [4.69, 9.17) is 9.47 Å². The summed E-state index contributed by atoms with van der Waals surface area (Å²) >= 11 is 0. The Bertz CT molecular complexity index is 913. The molecule has 1 amide bonds. The Morgan fingerprint density at radius 1 is 1.02 bits per heavy atom. The molecule has 1 N–H and O–H groups in total. The summed E-state index contributed by atoms with van der Waals surface area (Å²) in [6.45, 7) is 17.4. The molecule has 4 aliphatic carbocycles. The first-order chi connectivity index (χ1) is 19.0. The van der Waals surface area contributed by atoms with E-state index in [2.05, 4.69) is 52.9 Å². The van der Waals surface area contributed by atoms with Crippen LogP contribution in [0.15, 0.2) is 11.6 Å². The largest absolute Gasteiger partial charge is 0.466 e. The number of nitrogens with one attached hydrogen (secondary N) is 1. The topological polar surface area (TPSA) is 64.6 Å². The molecule has 3 fully saturated rings. The molecule has 4 rings (SSSR count). The van der Waals surface area contributed by atoms with Crippen molar-refractivity contribution >= 4 is 12.1 Å². The third-order valence-electron chi connectivity index (χ3n) is 12.5. The highest BCUT2D eigenvalue weighted by Crippen LogP contribution is 2.67. The average molecular weight is 558 g/mol. The normalized spacial score (nSPS) is 36.5. The van der Waals surface area contributed by atoms with Crippen LogP contribution in [0.4, 0.5) is 4.79 Å². The van der Waals surface area contributed by atoms with Gasteiger partial charge in [-0.05, 0) is 111 Å². The molecule has 0 aromatic rings. The number of amides is 1. The fourth-order valence-corrected chi connectivity index (χ4v) is 10.1. The zero-order valence-corrected chi connectivity index (χ0v) is 26.7. The van der Waals surface area contributed by atoms with Gasteiger partial charge in [0.2, 0.25) is 0 Å². The van der Waals surface area contributed by atoms with Crippen molar-refractivity contribution in [3.8, 4) is 0 Å². The number of alkyl carbamates (subject to hydrolysis) is 1. The molecule has 4 aliphatic rings. The van der Waals surface area contributed by atoms with Gasteiger partial charge in [0.1, 0.15) is 6.10 Å². The van der Waals surface area contributed by atoms with Crippen molar-refractivity contribution in [2.45, 2.75) is 132 Å². The van der Waals surface area contributed by atoms with Gasteiger partial charge in [0.25, 0.3) is 0 Å². The molecule has 0 saturated heterocycles. The number of allylic oxidation sites excluding steroid dienone is 1. The minimum absolute atomic E-state index is 0.0678. The highest BCUT2D eigenvalue weighted by molar-refractivity contribution is 5.71. The van der Waals surface area contributed by atoms with Crippen molar-refractivity contribution < 1.29 is 19.1 Å². The van der Waals surface area contributed by atoms with Crippen LogP contribution in [-0.4, -0.2) is 31.3 Å². The van der Waals surface area contributed by atoms with E-state index in [-0.39, 0.29) is 30.5 Å². The van der Waals surface area contributed by atoms with Gasteiger partial charge in [0, 0.05) is 13.0 Å². The monoisotopic (exact) mass is 557 g/mol. The third-order valence-corrected chi connectivity index (χ3v) is 12.5. The zero-order chi connectivity index (χ0) is 29.1. The summed E-state index contributed by atoms with van der Waals surface area (Å²) in [7, 11) is 0. The molecule has 5 heteroatoms. The van der Waals surface area contributed by atoms with Gasteiger partial charge in [-0.25, -0.2) is 4.79 Å². The highest BCUT2D eigenvalue weighted by atomic mass is 16.6. The van der Waals surface area contributed by atoms with Crippen LogP contribution in [0.2, 0.25) is 0 Å². The second-order valence-corrected chi connectivity index (χ2v) is 14.7. The second-order valence-electron chi connectivity index (χ2n) is 14.7. The molecule has 0 aliphatic heterocycles. The van der Waals surface area contributed by atoms with Gasteiger partial charge in [-0.15, -0.1) is 0 Å². The maximum absolute atomic E-state index is 12.4. The summed E-state index contributed by atoms with van der Waals surface area (Å²) in [5, 5.41) is 2.73. The molecule has 9 atom stereocenters. The van der Waals surface area contributed by atoms with E-state index >= 15 is 0 Å². The van der Waals surface area contributed by atoms with Gasteiger partial charge in [-0.2, -0.15) is 0 Å². The number of carbonyl (C=O) groups is 2. The second kappa shape index (κ2) is 13.2. The summed E-state index contributed by atoms with van der Waals surface area (Å²) in [5.41, 5.74) is 2.29. The summed E-state index contributed by atoms with van der Waals surface area (Å²) in [6.07, 6.45) is 16.1. The number of esters is 1. The van der Waals surface area contributed by atoms with Gasteiger partial charge in [-0.1, -0.05) is 66.0 Å². The van der Waals surface area contributed by atoms with Gasteiger partial charge in [-0.3, -0.25) is 4.79 Å². The van der Waals surface area contributed by atoms with Crippen molar-refractivity contribution in [3.63, 3.8) is 0 Å². The molecule has 40 heavy (non-hydrogen) atoms. The summed E-state index contributed by atoms with van der Waals surface area (Å²) in [4.78, 5) is 23.9. The Labute approximate surface area is 245 Å². The quantitative estimate of drug-likeness (QED) is 0.204. The van der Waals surface area contributed by atoms with E-state index in [9.17, 15) is 9.59 Å².